The summed E-state index contributed by atoms with van der Waals surface area (Å²) < 4.78 is 0. The lowest BCUT2D eigenvalue weighted by Gasteiger charge is -2.46. The van der Waals surface area contributed by atoms with Crippen LogP contribution in [0.3, 0.4) is 0 Å². The maximum absolute atomic E-state index is 11.2. The summed E-state index contributed by atoms with van der Waals surface area (Å²) in [5.41, 5.74) is 3.46. The molecule has 0 aromatic heterocycles. The van der Waals surface area contributed by atoms with Gasteiger partial charge in [-0.15, -0.1) is 0 Å². The Labute approximate surface area is 145 Å². The van der Waals surface area contributed by atoms with Crippen LogP contribution in [-0.2, 0) is 0 Å². The van der Waals surface area contributed by atoms with Gasteiger partial charge in [-0.05, 0) is 43.1 Å². The van der Waals surface area contributed by atoms with Gasteiger partial charge in [0.15, 0.2) is 0 Å². The van der Waals surface area contributed by atoms with Crippen molar-refractivity contribution in [3.8, 4) is 0 Å². The summed E-state index contributed by atoms with van der Waals surface area (Å²) >= 11 is 0. The highest BCUT2D eigenvalue weighted by Gasteiger charge is 2.56. The fourth-order valence-electron chi connectivity index (χ4n) is 4.39. The Morgan fingerprint density at radius 1 is 1.16 bits per heavy atom. The zero-order chi connectivity index (χ0) is 18.4. The molecule has 134 valence electrons. The number of non-ortho nitro benzene ring substituents is 1. The molecule has 0 saturated heterocycles. The first kappa shape index (κ1) is 17.3. The Kier molecular flexibility index (Phi) is 4.01. The third-order valence-corrected chi connectivity index (χ3v) is 6.50. The molecule has 1 aromatic rings. The number of nitrogens with one attached hydrogen (secondary N) is 1. The van der Waals surface area contributed by atoms with E-state index in [1.807, 2.05) is 0 Å². The summed E-state index contributed by atoms with van der Waals surface area (Å²) in [5.74, 6) is 0.685. The number of benzene rings is 1. The van der Waals surface area contributed by atoms with E-state index in [9.17, 15) is 20.2 Å². The monoisotopic (exact) mass is 346 g/mol. The van der Waals surface area contributed by atoms with Gasteiger partial charge in [0.05, 0.1) is 15.9 Å². The molecular formula is C17H22N4O4. The van der Waals surface area contributed by atoms with Crippen molar-refractivity contribution < 1.29 is 9.85 Å². The molecule has 1 aromatic carbocycles. The van der Waals surface area contributed by atoms with Crippen molar-refractivity contribution >= 4 is 22.8 Å². The molecule has 0 amide bonds. The van der Waals surface area contributed by atoms with Crippen molar-refractivity contribution in [2.75, 3.05) is 5.43 Å². The molecule has 8 nitrogen and oxygen atoms in total. The number of hydrogen-bond donors (Lipinski definition) is 1. The molecule has 2 saturated carbocycles. The van der Waals surface area contributed by atoms with Gasteiger partial charge < -0.3 is 0 Å². The summed E-state index contributed by atoms with van der Waals surface area (Å²) in [7, 11) is 0. The normalized spacial score (nSPS) is 28.8. The van der Waals surface area contributed by atoms with E-state index in [4.69, 9.17) is 0 Å². The van der Waals surface area contributed by atoms with Crippen LogP contribution >= 0.6 is 0 Å². The number of hydrazone groups is 1. The van der Waals surface area contributed by atoms with E-state index >= 15 is 0 Å². The van der Waals surface area contributed by atoms with Crippen LogP contribution in [-0.4, -0.2) is 15.6 Å². The van der Waals surface area contributed by atoms with Gasteiger partial charge in [-0.25, -0.2) is 0 Å². The van der Waals surface area contributed by atoms with Crippen LogP contribution < -0.4 is 5.43 Å². The van der Waals surface area contributed by atoms with Gasteiger partial charge in [-0.1, -0.05) is 20.8 Å². The Morgan fingerprint density at radius 3 is 2.52 bits per heavy atom. The van der Waals surface area contributed by atoms with E-state index in [0.29, 0.717) is 5.92 Å². The molecule has 0 unspecified atom stereocenters. The molecule has 2 aliphatic rings. The minimum Gasteiger partial charge on any atom is -0.272 e. The molecule has 2 aliphatic carbocycles. The Balaban J connectivity index is 1.92. The number of nitrogens with zero attached hydrogens (tertiary/aromatic N) is 3. The minimum atomic E-state index is -0.647. The lowest BCUT2D eigenvalue weighted by atomic mass is 9.58. The fraction of sp³-hybridized carbons (Fsp3) is 0.588. The number of nitro benzene ring substituents is 2. The van der Waals surface area contributed by atoms with Crippen LogP contribution in [0.2, 0.25) is 0 Å². The molecule has 0 aliphatic heterocycles. The van der Waals surface area contributed by atoms with Crippen LogP contribution in [0.1, 0.15) is 46.5 Å². The molecule has 25 heavy (non-hydrogen) atoms. The molecule has 2 bridgehead atoms. The first-order valence-electron chi connectivity index (χ1n) is 8.43. The van der Waals surface area contributed by atoms with Crippen LogP contribution in [0, 0.1) is 37.0 Å². The van der Waals surface area contributed by atoms with Crippen molar-refractivity contribution in [2.24, 2.45) is 21.8 Å². The van der Waals surface area contributed by atoms with Crippen molar-refractivity contribution in [3.63, 3.8) is 0 Å². The highest BCUT2D eigenvalue weighted by Crippen LogP contribution is 2.61. The topological polar surface area (TPSA) is 111 Å². The van der Waals surface area contributed by atoms with Gasteiger partial charge in [0, 0.05) is 17.2 Å². The van der Waals surface area contributed by atoms with E-state index in [1.165, 1.54) is 18.6 Å². The lowest BCUT2D eigenvalue weighted by molar-refractivity contribution is -0.393. The average molecular weight is 346 g/mol. The predicted molar refractivity (Wildman–Crippen MR) is 94.7 cm³/mol. The Bertz CT molecular complexity index is 774. The molecular weight excluding hydrogens is 324 g/mol. The number of hydrogen-bond acceptors (Lipinski definition) is 6. The largest absolute Gasteiger partial charge is 0.301 e. The van der Waals surface area contributed by atoms with E-state index < -0.39 is 9.85 Å². The number of nitro groups is 2. The van der Waals surface area contributed by atoms with Crippen LogP contribution in [0.25, 0.3) is 0 Å². The lowest BCUT2D eigenvalue weighted by Crippen LogP contribution is -2.44. The van der Waals surface area contributed by atoms with E-state index in [2.05, 4.69) is 31.3 Å². The SMILES string of the molecule is CC1(C)[C@@H]2CC/C(=N/Nc3ccc([N+](=O)[O-])cc3[N+](=O)[O-])[C@]1(C)CC2. The fourth-order valence-corrected chi connectivity index (χ4v) is 4.39. The summed E-state index contributed by atoms with van der Waals surface area (Å²) in [4.78, 5) is 20.8. The first-order chi connectivity index (χ1) is 11.7. The van der Waals surface area contributed by atoms with Gasteiger partial charge in [0.25, 0.3) is 5.69 Å². The molecule has 2 fully saturated rings. The van der Waals surface area contributed by atoms with E-state index in [0.717, 1.165) is 31.0 Å². The Morgan fingerprint density at radius 2 is 1.88 bits per heavy atom. The minimum absolute atomic E-state index is 0.0293. The molecule has 0 spiro atoms. The Hall–Kier alpha value is -2.51. The number of fused-ring (bicyclic) bond motifs is 2. The second-order valence-corrected chi connectivity index (χ2v) is 7.71. The molecule has 1 N–H and O–H groups in total. The second-order valence-electron chi connectivity index (χ2n) is 7.71. The van der Waals surface area contributed by atoms with Gasteiger partial charge in [-0.2, -0.15) is 5.10 Å². The zero-order valence-electron chi connectivity index (χ0n) is 14.6. The van der Waals surface area contributed by atoms with Crippen molar-refractivity contribution in [2.45, 2.75) is 46.5 Å². The smallest absolute Gasteiger partial charge is 0.272 e. The summed E-state index contributed by atoms with van der Waals surface area (Å²) in [6, 6.07) is 3.54. The van der Waals surface area contributed by atoms with E-state index in [1.54, 1.807) is 0 Å². The third kappa shape index (κ3) is 2.65. The standard InChI is InChI=1S/C17H22N4O4/c1-16(2)11-4-7-15(17(16,3)9-8-11)19-18-13-6-5-12(20(22)23)10-14(13)21(24)25/h5-6,10-11,18H,4,7-9H2,1-3H3/b19-15-/t11-,17+/m1/s1. The maximum atomic E-state index is 11.2. The van der Waals surface area contributed by atoms with Crippen LogP contribution in [0.4, 0.5) is 17.1 Å². The van der Waals surface area contributed by atoms with E-state index in [-0.39, 0.29) is 27.9 Å². The van der Waals surface area contributed by atoms with Gasteiger partial charge in [-0.3, -0.25) is 25.7 Å². The molecule has 8 heteroatoms. The first-order valence-corrected chi connectivity index (χ1v) is 8.43. The molecule has 0 radical (unpaired) electrons. The third-order valence-electron chi connectivity index (χ3n) is 6.50. The molecule has 3 rings (SSSR count). The van der Waals surface area contributed by atoms with Crippen molar-refractivity contribution in [3.05, 3.63) is 38.4 Å². The van der Waals surface area contributed by atoms with Gasteiger partial charge in [0.2, 0.25) is 0 Å². The second kappa shape index (κ2) is 5.79. The summed E-state index contributed by atoms with van der Waals surface area (Å²) in [6.07, 6.45) is 4.19. The van der Waals surface area contributed by atoms with Gasteiger partial charge >= 0.3 is 5.69 Å². The zero-order valence-corrected chi connectivity index (χ0v) is 14.6. The quantitative estimate of drug-likeness (QED) is 0.637. The van der Waals surface area contributed by atoms with Crippen LogP contribution in [0.15, 0.2) is 23.3 Å². The van der Waals surface area contributed by atoms with Gasteiger partial charge in [0.1, 0.15) is 5.69 Å². The van der Waals surface area contributed by atoms with Crippen molar-refractivity contribution in [1.29, 1.82) is 0 Å². The molecule has 2 atom stereocenters. The number of rotatable bonds is 4. The number of anilines is 1. The predicted octanol–water partition coefficient (Wildman–Crippen LogP) is 4.51. The average Bonchev–Trinajstić information content (AvgIpc) is 2.69. The van der Waals surface area contributed by atoms with Crippen LogP contribution in [0.5, 0.6) is 0 Å². The maximum Gasteiger partial charge on any atom is 0.301 e. The highest BCUT2D eigenvalue weighted by molar-refractivity contribution is 5.92. The summed E-state index contributed by atoms with van der Waals surface area (Å²) in [5, 5.41) is 26.6. The van der Waals surface area contributed by atoms with Crippen molar-refractivity contribution in [1.82, 2.24) is 0 Å². The summed E-state index contributed by atoms with van der Waals surface area (Å²) in [6.45, 7) is 6.76. The molecule has 0 heterocycles. The highest BCUT2D eigenvalue weighted by atomic mass is 16.6.